The third kappa shape index (κ3) is 5.13. The Balaban J connectivity index is 2.46. The largest absolute Gasteiger partial charge is 0.327 e. The van der Waals surface area contributed by atoms with Crippen molar-refractivity contribution in [1.82, 2.24) is 14.7 Å². The van der Waals surface area contributed by atoms with Crippen molar-refractivity contribution in [2.75, 3.05) is 25.5 Å². The van der Waals surface area contributed by atoms with Crippen LogP contribution < -0.4 is 11.1 Å². The van der Waals surface area contributed by atoms with Crippen LogP contribution in [0.4, 0.5) is 5.69 Å². The molecule has 0 fully saturated rings. The Morgan fingerprint density at radius 2 is 2.05 bits per heavy atom. The Kier molecular flexibility index (Phi) is 6.36. The van der Waals surface area contributed by atoms with Gasteiger partial charge in [-0.25, -0.2) is 0 Å². The molecule has 0 spiro atoms. The molecule has 1 rings (SSSR count). The summed E-state index contributed by atoms with van der Waals surface area (Å²) in [5, 5.41) is 7.24. The van der Waals surface area contributed by atoms with Gasteiger partial charge in [0.15, 0.2) is 0 Å². The zero-order valence-corrected chi connectivity index (χ0v) is 14.1. The summed E-state index contributed by atoms with van der Waals surface area (Å²) in [4.78, 5) is 14.1. The zero-order valence-electron chi connectivity index (χ0n) is 14.1. The number of aryl methyl sites for hydroxylation is 2. The minimum Gasteiger partial charge on any atom is -0.327 e. The molecule has 1 amide bonds. The van der Waals surface area contributed by atoms with Gasteiger partial charge in [-0.3, -0.25) is 14.4 Å². The van der Waals surface area contributed by atoms with Crippen LogP contribution >= 0.6 is 0 Å². The Labute approximate surface area is 127 Å². The molecular weight excluding hydrogens is 266 g/mol. The summed E-state index contributed by atoms with van der Waals surface area (Å²) in [6, 6.07) is 0.179. The second kappa shape index (κ2) is 7.56. The molecule has 21 heavy (non-hydrogen) atoms. The molecule has 120 valence electrons. The molecule has 0 aromatic carbocycles. The molecule has 6 heteroatoms. The summed E-state index contributed by atoms with van der Waals surface area (Å²) >= 11 is 0. The van der Waals surface area contributed by atoms with Gasteiger partial charge in [0.2, 0.25) is 5.91 Å². The molecule has 1 heterocycles. The lowest BCUT2D eigenvalue weighted by molar-refractivity contribution is -0.117. The second-order valence-electron chi connectivity index (χ2n) is 6.15. The fourth-order valence-electron chi connectivity index (χ4n) is 2.16. The molecule has 3 N–H and O–H groups in total. The van der Waals surface area contributed by atoms with Gasteiger partial charge in [0.1, 0.15) is 0 Å². The molecule has 6 nitrogen and oxygen atoms in total. The van der Waals surface area contributed by atoms with Gasteiger partial charge in [-0.15, -0.1) is 0 Å². The van der Waals surface area contributed by atoms with Crippen LogP contribution in [-0.2, 0) is 11.8 Å². The number of hydrogen-bond acceptors (Lipinski definition) is 4. The highest BCUT2D eigenvalue weighted by Gasteiger charge is 2.15. The Bertz CT molecular complexity index is 481. The lowest BCUT2D eigenvalue weighted by Crippen LogP contribution is -2.35. The molecule has 0 aliphatic carbocycles. The number of hydrogen-bond donors (Lipinski definition) is 2. The highest BCUT2D eigenvalue weighted by atomic mass is 16.2. The number of nitrogens with zero attached hydrogens (tertiary/aromatic N) is 3. The first-order valence-corrected chi connectivity index (χ1v) is 7.46. The predicted molar refractivity (Wildman–Crippen MR) is 86.2 cm³/mol. The first-order chi connectivity index (χ1) is 9.72. The third-order valence-corrected chi connectivity index (χ3v) is 3.89. The van der Waals surface area contributed by atoms with Gasteiger partial charge in [-0.05, 0) is 39.8 Å². The van der Waals surface area contributed by atoms with Crippen LogP contribution in [0.25, 0.3) is 0 Å². The van der Waals surface area contributed by atoms with Crippen molar-refractivity contribution < 1.29 is 4.79 Å². The quantitative estimate of drug-likeness (QED) is 0.794. The fraction of sp³-hybridized carbons (Fsp3) is 0.733. The van der Waals surface area contributed by atoms with Gasteiger partial charge in [-0.2, -0.15) is 5.10 Å². The average molecular weight is 295 g/mol. The Morgan fingerprint density at radius 1 is 1.43 bits per heavy atom. The SMILES string of the molecule is Cc1nn(C)c(C)c1NC(=O)CN(C)CCC(N)C(C)C. The number of aromatic nitrogens is 2. The van der Waals surface area contributed by atoms with Gasteiger partial charge in [-0.1, -0.05) is 13.8 Å². The first kappa shape index (κ1) is 17.7. The molecule has 0 saturated carbocycles. The van der Waals surface area contributed by atoms with Gasteiger partial charge in [0.05, 0.1) is 23.6 Å². The standard InChI is InChI=1S/C15H29N5O/c1-10(2)13(16)7-8-19(5)9-14(21)17-15-11(3)18-20(6)12(15)4/h10,13H,7-9,16H2,1-6H3,(H,17,21). The molecule has 1 unspecified atom stereocenters. The van der Waals surface area contributed by atoms with Crippen molar-refractivity contribution in [3.8, 4) is 0 Å². The number of amides is 1. The maximum absolute atomic E-state index is 12.1. The Hall–Kier alpha value is -1.40. The van der Waals surface area contributed by atoms with Crippen molar-refractivity contribution in [3.63, 3.8) is 0 Å². The highest BCUT2D eigenvalue weighted by Crippen LogP contribution is 2.18. The zero-order chi connectivity index (χ0) is 16.2. The van der Waals surface area contributed by atoms with E-state index in [-0.39, 0.29) is 11.9 Å². The lowest BCUT2D eigenvalue weighted by atomic mass is 10.0. The smallest absolute Gasteiger partial charge is 0.238 e. The van der Waals surface area contributed by atoms with Crippen LogP contribution in [0, 0.1) is 19.8 Å². The van der Waals surface area contributed by atoms with Gasteiger partial charge >= 0.3 is 0 Å². The van der Waals surface area contributed by atoms with E-state index in [0.29, 0.717) is 12.5 Å². The van der Waals surface area contributed by atoms with Crippen molar-refractivity contribution in [2.45, 2.75) is 40.2 Å². The monoisotopic (exact) mass is 295 g/mol. The summed E-state index contributed by atoms with van der Waals surface area (Å²) in [5.74, 6) is 0.447. The molecule has 1 aromatic rings. The predicted octanol–water partition coefficient (Wildman–Crippen LogP) is 1.28. The number of rotatable bonds is 7. The van der Waals surface area contributed by atoms with E-state index in [4.69, 9.17) is 5.73 Å². The average Bonchev–Trinajstić information content (AvgIpc) is 2.62. The maximum atomic E-state index is 12.1. The molecule has 0 radical (unpaired) electrons. The van der Waals surface area contributed by atoms with Crippen LogP contribution in [0.2, 0.25) is 0 Å². The van der Waals surface area contributed by atoms with E-state index in [1.807, 2.05) is 32.8 Å². The van der Waals surface area contributed by atoms with Crippen LogP contribution in [0.3, 0.4) is 0 Å². The van der Waals surface area contributed by atoms with E-state index in [9.17, 15) is 4.79 Å². The molecule has 0 saturated heterocycles. The third-order valence-electron chi connectivity index (χ3n) is 3.89. The van der Waals surface area contributed by atoms with E-state index in [2.05, 4.69) is 24.3 Å². The minimum absolute atomic E-state index is 0.0187. The van der Waals surface area contributed by atoms with Crippen molar-refractivity contribution in [3.05, 3.63) is 11.4 Å². The molecule has 1 atom stereocenters. The van der Waals surface area contributed by atoms with Crippen LogP contribution in [0.15, 0.2) is 0 Å². The van der Waals surface area contributed by atoms with E-state index in [1.165, 1.54) is 0 Å². The van der Waals surface area contributed by atoms with Crippen molar-refractivity contribution >= 4 is 11.6 Å². The fourth-order valence-corrected chi connectivity index (χ4v) is 2.16. The number of nitrogens with one attached hydrogen (secondary N) is 1. The second-order valence-corrected chi connectivity index (χ2v) is 6.15. The number of carbonyl (C=O) groups excluding carboxylic acids is 1. The Morgan fingerprint density at radius 3 is 2.52 bits per heavy atom. The lowest BCUT2D eigenvalue weighted by Gasteiger charge is -2.21. The van der Waals surface area contributed by atoms with Crippen LogP contribution in [0.1, 0.15) is 31.7 Å². The highest BCUT2D eigenvalue weighted by molar-refractivity contribution is 5.93. The summed E-state index contributed by atoms with van der Waals surface area (Å²) in [7, 11) is 3.81. The minimum atomic E-state index is -0.0187. The maximum Gasteiger partial charge on any atom is 0.238 e. The summed E-state index contributed by atoms with van der Waals surface area (Å²) < 4.78 is 1.77. The molecule has 0 aliphatic rings. The molecule has 0 aliphatic heterocycles. The van der Waals surface area contributed by atoms with Gasteiger partial charge < -0.3 is 11.1 Å². The van der Waals surface area contributed by atoms with E-state index < -0.39 is 0 Å². The molecule has 0 bridgehead atoms. The van der Waals surface area contributed by atoms with Crippen LogP contribution in [-0.4, -0.2) is 46.8 Å². The van der Waals surface area contributed by atoms with Gasteiger partial charge in [0.25, 0.3) is 0 Å². The summed E-state index contributed by atoms with van der Waals surface area (Å²) in [6.07, 6.45) is 0.895. The number of carbonyl (C=O) groups is 1. The van der Waals surface area contributed by atoms with Crippen molar-refractivity contribution in [2.24, 2.45) is 18.7 Å². The number of anilines is 1. The van der Waals surface area contributed by atoms with Crippen LogP contribution in [0.5, 0.6) is 0 Å². The van der Waals surface area contributed by atoms with Crippen molar-refractivity contribution in [1.29, 1.82) is 0 Å². The van der Waals surface area contributed by atoms with Gasteiger partial charge in [0, 0.05) is 13.1 Å². The first-order valence-electron chi connectivity index (χ1n) is 7.46. The van der Waals surface area contributed by atoms with E-state index >= 15 is 0 Å². The van der Waals surface area contributed by atoms with E-state index in [1.54, 1.807) is 4.68 Å². The molecular formula is C15H29N5O. The molecule has 1 aromatic heterocycles. The van der Waals surface area contributed by atoms with E-state index in [0.717, 1.165) is 30.0 Å². The summed E-state index contributed by atoms with van der Waals surface area (Å²) in [6.45, 7) is 9.25. The normalized spacial score (nSPS) is 13.0. The number of likely N-dealkylation sites (N-methyl/N-ethyl adjacent to an activating group) is 1. The number of nitrogens with two attached hydrogens (primary N) is 1. The topological polar surface area (TPSA) is 76.2 Å². The summed E-state index contributed by atoms with van der Waals surface area (Å²) in [5.41, 5.74) is 8.64.